The third-order valence-corrected chi connectivity index (χ3v) is 1.64. The zero-order valence-corrected chi connectivity index (χ0v) is 7.17. The quantitative estimate of drug-likeness (QED) is 0.570. The lowest BCUT2D eigenvalue weighted by molar-refractivity contribution is 0.212. The lowest BCUT2D eigenvalue weighted by atomic mass is 10.1. The lowest BCUT2D eigenvalue weighted by Crippen LogP contribution is -2.37. The predicted octanol–water partition coefficient (Wildman–Crippen LogP) is 0.507. The summed E-state index contributed by atoms with van der Waals surface area (Å²) in [4.78, 5) is 0. The van der Waals surface area contributed by atoms with Gasteiger partial charge in [-0.05, 0) is 5.92 Å². The van der Waals surface area contributed by atoms with Gasteiger partial charge in [0, 0.05) is 19.0 Å². The molecule has 0 radical (unpaired) electrons. The monoisotopic (exact) mass is 156 g/mol. The van der Waals surface area contributed by atoms with Gasteiger partial charge in [0.05, 0.1) is 12.7 Å². The van der Waals surface area contributed by atoms with E-state index >= 15 is 0 Å². The minimum absolute atomic E-state index is 0.128. The minimum Gasteiger partial charge on any atom is -0.395 e. The Morgan fingerprint density at radius 3 is 2.55 bits per heavy atom. The summed E-state index contributed by atoms with van der Waals surface area (Å²) in [6.45, 7) is 4.89. The molecule has 0 aliphatic carbocycles. The summed E-state index contributed by atoms with van der Waals surface area (Å²) in [6.07, 6.45) is 0.503. The largest absolute Gasteiger partial charge is 0.395 e. The highest BCUT2D eigenvalue weighted by Gasteiger charge is 2.09. The molecule has 0 aromatic heterocycles. The van der Waals surface area contributed by atoms with E-state index in [1.54, 1.807) is 0 Å². The molecule has 0 bridgehead atoms. The first-order valence-corrected chi connectivity index (χ1v) is 3.93. The van der Waals surface area contributed by atoms with Crippen LogP contribution in [0.15, 0.2) is 0 Å². The second-order valence-corrected chi connectivity index (χ2v) is 2.90. The van der Waals surface area contributed by atoms with Crippen molar-refractivity contribution >= 4 is 0 Å². The van der Waals surface area contributed by atoms with Crippen LogP contribution < -0.4 is 5.32 Å². The van der Waals surface area contributed by atoms with Crippen molar-refractivity contribution in [3.8, 4) is 6.07 Å². The Kier molecular flexibility index (Phi) is 5.81. The summed E-state index contributed by atoms with van der Waals surface area (Å²) in [6, 6.07) is 2.17. The van der Waals surface area contributed by atoms with Gasteiger partial charge in [0.25, 0.3) is 0 Å². The van der Waals surface area contributed by atoms with E-state index in [4.69, 9.17) is 10.4 Å². The number of hydrogen-bond donors (Lipinski definition) is 2. The number of nitrogens with one attached hydrogen (secondary N) is 1. The summed E-state index contributed by atoms with van der Waals surface area (Å²) in [5, 5.41) is 20.2. The number of rotatable bonds is 5. The highest BCUT2D eigenvalue weighted by Crippen LogP contribution is 1.99. The third-order valence-electron chi connectivity index (χ3n) is 1.64. The SMILES string of the molecule is CC(C)[C@@H](CO)NCCC#N. The molecule has 0 saturated carbocycles. The Morgan fingerprint density at radius 2 is 2.18 bits per heavy atom. The van der Waals surface area contributed by atoms with Crippen molar-refractivity contribution in [2.45, 2.75) is 26.3 Å². The minimum atomic E-state index is 0.128. The fourth-order valence-electron chi connectivity index (χ4n) is 0.825. The zero-order chi connectivity index (χ0) is 8.69. The highest BCUT2D eigenvalue weighted by molar-refractivity contribution is 4.74. The average molecular weight is 156 g/mol. The van der Waals surface area contributed by atoms with Crippen molar-refractivity contribution < 1.29 is 5.11 Å². The van der Waals surface area contributed by atoms with E-state index in [2.05, 4.69) is 5.32 Å². The lowest BCUT2D eigenvalue weighted by Gasteiger charge is -2.18. The van der Waals surface area contributed by atoms with E-state index in [-0.39, 0.29) is 12.6 Å². The van der Waals surface area contributed by atoms with E-state index in [9.17, 15) is 0 Å². The predicted molar refractivity (Wildman–Crippen MR) is 43.9 cm³/mol. The maximum absolute atomic E-state index is 8.85. The smallest absolute Gasteiger partial charge is 0.0635 e. The zero-order valence-electron chi connectivity index (χ0n) is 7.17. The van der Waals surface area contributed by atoms with E-state index in [0.29, 0.717) is 18.9 Å². The van der Waals surface area contributed by atoms with Crippen LogP contribution in [0.2, 0.25) is 0 Å². The number of nitriles is 1. The van der Waals surface area contributed by atoms with Crippen molar-refractivity contribution in [2.24, 2.45) is 5.92 Å². The van der Waals surface area contributed by atoms with Gasteiger partial charge in [0.15, 0.2) is 0 Å². The Bertz CT molecular complexity index is 129. The van der Waals surface area contributed by atoms with Gasteiger partial charge in [0.2, 0.25) is 0 Å². The molecule has 64 valence electrons. The molecule has 0 heterocycles. The van der Waals surface area contributed by atoms with Crippen molar-refractivity contribution in [2.75, 3.05) is 13.2 Å². The first-order chi connectivity index (χ1) is 5.22. The third kappa shape index (κ3) is 4.77. The summed E-state index contributed by atoms with van der Waals surface area (Å²) < 4.78 is 0. The molecule has 0 spiro atoms. The molecule has 0 aromatic carbocycles. The Balaban J connectivity index is 3.46. The maximum atomic E-state index is 8.85. The molecule has 0 unspecified atom stereocenters. The molecule has 3 heteroatoms. The van der Waals surface area contributed by atoms with Crippen LogP contribution in [0, 0.1) is 17.2 Å². The molecule has 0 aliphatic heterocycles. The van der Waals surface area contributed by atoms with Crippen molar-refractivity contribution in [3.05, 3.63) is 0 Å². The second-order valence-electron chi connectivity index (χ2n) is 2.90. The van der Waals surface area contributed by atoms with Gasteiger partial charge < -0.3 is 10.4 Å². The number of aliphatic hydroxyl groups is 1. The Morgan fingerprint density at radius 1 is 1.55 bits per heavy atom. The molecule has 0 aromatic rings. The van der Waals surface area contributed by atoms with Crippen LogP contribution >= 0.6 is 0 Å². The van der Waals surface area contributed by atoms with E-state index in [0.717, 1.165) is 0 Å². The average Bonchev–Trinajstić information content (AvgIpc) is 1.97. The standard InChI is InChI=1S/C8H16N2O/c1-7(2)8(6-11)10-5-3-4-9/h7-8,10-11H,3,5-6H2,1-2H3/t8-/m1/s1. The van der Waals surface area contributed by atoms with Gasteiger partial charge in [-0.15, -0.1) is 0 Å². The molecular formula is C8H16N2O. The van der Waals surface area contributed by atoms with Gasteiger partial charge >= 0.3 is 0 Å². The number of nitrogens with zero attached hydrogens (tertiary/aromatic N) is 1. The van der Waals surface area contributed by atoms with Crippen LogP contribution in [-0.2, 0) is 0 Å². The van der Waals surface area contributed by atoms with Gasteiger partial charge in [-0.2, -0.15) is 5.26 Å². The normalized spacial score (nSPS) is 13.0. The van der Waals surface area contributed by atoms with Gasteiger partial charge in [-0.25, -0.2) is 0 Å². The summed E-state index contributed by atoms with van der Waals surface area (Å²) in [7, 11) is 0. The van der Waals surface area contributed by atoms with Gasteiger partial charge in [0.1, 0.15) is 0 Å². The molecular weight excluding hydrogens is 140 g/mol. The fraction of sp³-hybridized carbons (Fsp3) is 0.875. The maximum Gasteiger partial charge on any atom is 0.0635 e. The van der Waals surface area contributed by atoms with Crippen LogP contribution in [0.4, 0.5) is 0 Å². The molecule has 0 saturated heterocycles. The molecule has 1 atom stereocenters. The van der Waals surface area contributed by atoms with Crippen LogP contribution in [0.3, 0.4) is 0 Å². The van der Waals surface area contributed by atoms with Crippen molar-refractivity contribution in [1.29, 1.82) is 5.26 Å². The summed E-state index contributed by atoms with van der Waals surface area (Å²) in [5.41, 5.74) is 0. The van der Waals surface area contributed by atoms with Crippen LogP contribution in [-0.4, -0.2) is 24.3 Å². The van der Waals surface area contributed by atoms with E-state index < -0.39 is 0 Å². The Hall–Kier alpha value is -0.590. The molecule has 0 fully saturated rings. The Labute approximate surface area is 68.0 Å². The molecule has 2 N–H and O–H groups in total. The van der Waals surface area contributed by atoms with Crippen LogP contribution in [0.1, 0.15) is 20.3 Å². The van der Waals surface area contributed by atoms with Crippen molar-refractivity contribution in [3.63, 3.8) is 0 Å². The topological polar surface area (TPSA) is 56.0 Å². The number of aliphatic hydroxyl groups excluding tert-OH is 1. The van der Waals surface area contributed by atoms with Crippen molar-refractivity contribution in [1.82, 2.24) is 5.32 Å². The van der Waals surface area contributed by atoms with E-state index in [1.165, 1.54) is 0 Å². The molecule has 11 heavy (non-hydrogen) atoms. The highest BCUT2D eigenvalue weighted by atomic mass is 16.3. The molecule has 0 rings (SSSR count). The van der Waals surface area contributed by atoms with Gasteiger partial charge in [-0.3, -0.25) is 0 Å². The molecule has 0 aliphatic rings. The van der Waals surface area contributed by atoms with Crippen LogP contribution in [0.5, 0.6) is 0 Å². The first-order valence-electron chi connectivity index (χ1n) is 3.93. The molecule has 3 nitrogen and oxygen atoms in total. The fourth-order valence-corrected chi connectivity index (χ4v) is 0.825. The molecule has 0 amide bonds. The van der Waals surface area contributed by atoms with E-state index in [1.807, 2.05) is 19.9 Å². The number of hydrogen-bond acceptors (Lipinski definition) is 3. The second kappa shape index (κ2) is 6.14. The van der Waals surface area contributed by atoms with Crippen LogP contribution in [0.25, 0.3) is 0 Å². The van der Waals surface area contributed by atoms with Gasteiger partial charge in [-0.1, -0.05) is 13.8 Å². The summed E-state index contributed by atoms with van der Waals surface area (Å²) >= 11 is 0. The first kappa shape index (κ1) is 10.4. The summed E-state index contributed by atoms with van der Waals surface area (Å²) in [5.74, 6) is 0.415.